The summed E-state index contributed by atoms with van der Waals surface area (Å²) in [5.41, 5.74) is 26.3. The average Bonchev–Trinajstić information content (AvgIpc) is 2.93. The SMILES string of the molecule is COc1ccc(O)c(C(=O)Nc2ccc(Nc3nc(N4C[C@H](N)C[C@H](N)C4)nc(N4C[C@H](N)C[C@H](N)C4)n3)cc2)c1.Cl. The maximum atomic E-state index is 12.7. The van der Waals surface area contributed by atoms with Crippen molar-refractivity contribution in [2.45, 2.75) is 37.0 Å². The minimum atomic E-state index is -0.468. The number of hydrogen-bond acceptors (Lipinski definition) is 13. The Morgan fingerprint density at radius 2 is 1.33 bits per heavy atom. The number of anilines is 5. The number of nitrogens with one attached hydrogen (secondary N) is 2. The molecule has 14 nitrogen and oxygen atoms in total. The average molecular weight is 600 g/mol. The number of methoxy groups -OCH3 is 1. The first-order valence-corrected chi connectivity index (χ1v) is 13.5. The van der Waals surface area contributed by atoms with Crippen LogP contribution < -0.4 is 48.1 Å². The number of halogens is 1. The Bertz CT molecular complexity index is 1320. The molecule has 3 aromatic rings. The number of nitrogens with two attached hydrogens (primary N) is 4. The number of phenolic OH excluding ortho intramolecular Hbond substituents is 1. The second-order valence-corrected chi connectivity index (χ2v) is 10.6. The molecule has 2 aliphatic heterocycles. The van der Waals surface area contributed by atoms with Crippen LogP contribution >= 0.6 is 12.4 Å². The number of carbonyl (C=O) groups is 1. The minimum absolute atomic E-state index is 0. The van der Waals surface area contributed by atoms with Crippen molar-refractivity contribution >= 4 is 47.5 Å². The van der Waals surface area contributed by atoms with E-state index in [9.17, 15) is 9.90 Å². The predicted molar refractivity (Wildman–Crippen MR) is 165 cm³/mol. The lowest BCUT2D eigenvalue weighted by molar-refractivity contribution is 0.102. The highest BCUT2D eigenvalue weighted by atomic mass is 35.5. The van der Waals surface area contributed by atoms with Gasteiger partial charge >= 0.3 is 0 Å². The van der Waals surface area contributed by atoms with Gasteiger partial charge in [0, 0.05) is 61.7 Å². The highest BCUT2D eigenvalue weighted by Gasteiger charge is 2.28. The third-order valence-electron chi connectivity index (χ3n) is 7.06. The van der Waals surface area contributed by atoms with Gasteiger partial charge in [-0.3, -0.25) is 4.79 Å². The number of ether oxygens (including phenoxy) is 1. The molecular formula is C27H38ClN11O3. The van der Waals surface area contributed by atoms with Crippen molar-refractivity contribution in [3.63, 3.8) is 0 Å². The summed E-state index contributed by atoms with van der Waals surface area (Å²) in [6.45, 7) is 2.30. The minimum Gasteiger partial charge on any atom is -0.507 e. The van der Waals surface area contributed by atoms with Crippen LogP contribution in [0.15, 0.2) is 42.5 Å². The van der Waals surface area contributed by atoms with Gasteiger partial charge in [0.1, 0.15) is 11.5 Å². The van der Waals surface area contributed by atoms with Crippen molar-refractivity contribution in [3.05, 3.63) is 48.0 Å². The van der Waals surface area contributed by atoms with Crippen LogP contribution in [0.3, 0.4) is 0 Å². The molecule has 2 aromatic carbocycles. The number of aromatic nitrogens is 3. The number of amides is 1. The fraction of sp³-hybridized carbons (Fsp3) is 0.407. The Morgan fingerprint density at radius 1 is 0.833 bits per heavy atom. The zero-order chi connectivity index (χ0) is 29.1. The normalized spacial score (nSPS) is 22.2. The monoisotopic (exact) mass is 599 g/mol. The molecular weight excluding hydrogens is 562 g/mol. The second kappa shape index (κ2) is 13.4. The van der Waals surface area contributed by atoms with E-state index in [-0.39, 0.29) is 47.9 Å². The Morgan fingerprint density at radius 3 is 1.83 bits per heavy atom. The molecule has 226 valence electrons. The van der Waals surface area contributed by atoms with Gasteiger partial charge in [0.25, 0.3) is 5.91 Å². The first-order valence-electron chi connectivity index (χ1n) is 13.5. The molecule has 4 atom stereocenters. The van der Waals surface area contributed by atoms with Crippen LogP contribution in [0.1, 0.15) is 23.2 Å². The van der Waals surface area contributed by atoms with Gasteiger partial charge in [-0.15, -0.1) is 12.4 Å². The first-order chi connectivity index (χ1) is 19.7. The third-order valence-corrected chi connectivity index (χ3v) is 7.06. The molecule has 0 unspecified atom stereocenters. The van der Waals surface area contributed by atoms with Gasteiger partial charge in [0.05, 0.1) is 12.7 Å². The van der Waals surface area contributed by atoms with Crippen LogP contribution in [0.25, 0.3) is 0 Å². The molecule has 15 heteroatoms. The lowest BCUT2D eigenvalue weighted by atomic mass is 10.0. The van der Waals surface area contributed by atoms with E-state index in [0.717, 1.165) is 12.8 Å². The molecule has 5 rings (SSSR count). The smallest absolute Gasteiger partial charge is 0.259 e. The number of rotatable bonds is 7. The molecule has 2 fully saturated rings. The van der Waals surface area contributed by atoms with E-state index in [1.165, 1.54) is 19.2 Å². The van der Waals surface area contributed by atoms with Gasteiger partial charge in [-0.25, -0.2) is 0 Å². The summed E-state index contributed by atoms with van der Waals surface area (Å²) in [4.78, 5) is 30.8. The molecule has 1 amide bonds. The summed E-state index contributed by atoms with van der Waals surface area (Å²) < 4.78 is 5.15. The zero-order valence-corrected chi connectivity index (χ0v) is 24.1. The van der Waals surface area contributed by atoms with Gasteiger partial charge < -0.3 is 53.2 Å². The van der Waals surface area contributed by atoms with Crippen molar-refractivity contribution in [2.75, 3.05) is 53.7 Å². The largest absolute Gasteiger partial charge is 0.507 e. The Hall–Kier alpha value is -3.95. The number of nitrogens with zero attached hydrogens (tertiary/aromatic N) is 5. The quantitative estimate of drug-likeness (QED) is 0.199. The molecule has 0 aliphatic carbocycles. The van der Waals surface area contributed by atoms with Gasteiger partial charge in [-0.1, -0.05) is 0 Å². The molecule has 0 radical (unpaired) electrons. The highest BCUT2D eigenvalue weighted by Crippen LogP contribution is 2.26. The molecule has 0 spiro atoms. The summed E-state index contributed by atoms with van der Waals surface area (Å²) in [6, 6.07) is 11.1. The Labute approximate surface area is 250 Å². The first kappa shape index (κ1) is 31.0. The molecule has 0 saturated carbocycles. The lowest BCUT2D eigenvalue weighted by Crippen LogP contribution is -2.54. The molecule has 11 N–H and O–H groups in total. The number of piperidine rings is 2. The molecule has 3 heterocycles. The number of aromatic hydroxyl groups is 1. The molecule has 1 aromatic heterocycles. The van der Waals surface area contributed by atoms with E-state index in [1.807, 2.05) is 9.80 Å². The van der Waals surface area contributed by atoms with E-state index in [2.05, 4.69) is 20.6 Å². The van der Waals surface area contributed by atoms with Crippen LogP contribution in [0.5, 0.6) is 11.5 Å². The Kier molecular flexibility index (Phi) is 9.85. The third kappa shape index (κ3) is 7.46. The summed E-state index contributed by atoms with van der Waals surface area (Å²) >= 11 is 0. The van der Waals surface area contributed by atoms with Crippen LogP contribution in [0.2, 0.25) is 0 Å². The molecule has 2 saturated heterocycles. The van der Waals surface area contributed by atoms with Crippen LogP contribution in [-0.4, -0.2) is 83.4 Å². The van der Waals surface area contributed by atoms with Crippen molar-refractivity contribution in [1.29, 1.82) is 0 Å². The maximum Gasteiger partial charge on any atom is 0.259 e. The van der Waals surface area contributed by atoms with Gasteiger partial charge in [-0.05, 0) is 55.3 Å². The second-order valence-electron chi connectivity index (χ2n) is 10.6. The van der Waals surface area contributed by atoms with E-state index in [4.69, 9.17) is 32.7 Å². The maximum absolute atomic E-state index is 12.7. The van der Waals surface area contributed by atoms with E-state index < -0.39 is 5.91 Å². The van der Waals surface area contributed by atoms with Gasteiger partial charge in [-0.2, -0.15) is 15.0 Å². The van der Waals surface area contributed by atoms with Crippen LogP contribution in [-0.2, 0) is 0 Å². The summed E-state index contributed by atoms with van der Waals surface area (Å²) in [5.74, 6) is 1.13. The van der Waals surface area contributed by atoms with E-state index in [1.54, 1.807) is 30.3 Å². The van der Waals surface area contributed by atoms with Crippen LogP contribution in [0.4, 0.5) is 29.2 Å². The fourth-order valence-electron chi connectivity index (χ4n) is 5.16. The summed E-state index contributed by atoms with van der Waals surface area (Å²) in [7, 11) is 1.49. The van der Waals surface area contributed by atoms with Crippen molar-refractivity contribution in [2.24, 2.45) is 22.9 Å². The zero-order valence-electron chi connectivity index (χ0n) is 23.3. The van der Waals surface area contributed by atoms with Gasteiger partial charge in [0.15, 0.2) is 0 Å². The van der Waals surface area contributed by atoms with Gasteiger partial charge in [0.2, 0.25) is 17.8 Å². The van der Waals surface area contributed by atoms with Crippen molar-refractivity contribution in [1.82, 2.24) is 15.0 Å². The number of benzene rings is 2. The summed E-state index contributed by atoms with van der Waals surface area (Å²) in [5, 5.41) is 16.1. The fourth-order valence-corrected chi connectivity index (χ4v) is 5.16. The van der Waals surface area contributed by atoms with Crippen LogP contribution in [0, 0.1) is 0 Å². The highest BCUT2D eigenvalue weighted by molar-refractivity contribution is 6.06. The van der Waals surface area contributed by atoms with Crippen molar-refractivity contribution in [3.8, 4) is 11.5 Å². The topological polar surface area (TPSA) is 220 Å². The number of carbonyl (C=O) groups excluding carboxylic acids is 1. The molecule has 2 aliphatic rings. The molecule has 0 bridgehead atoms. The Balaban J connectivity index is 0.00000405. The molecule has 42 heavy (non-hydrogen) atoms. The van der Waals surface area contributed by atoms with E-state index in [0.29, 0.717) is 61.1 Å². The lowest BCUT2D eigenvalue weighted by Gasteiger charge is -2.37. The number of phenols is 1. The standard InChI is InChI=1S/C27H37N11O3.ClH/c1-41-21-6-7-23(39)22(10-21)24(40)32-19-2-4-20(5-3-19)33-25-34-26(37-11-15(28)8-16(29)12-37)36-27(35-25)38-13-17(30)9-18(31)14-38;/h2-7,10,15-18,39H,8-9,11-14,28-31H2,1H3,(H,32,40)(H,33,34,35,36);1H/t15-,16+,17-,18+;. The predicted octanol–water partition coefficient (Wildman–Crippen LogP) is 0.733. The summed E-state index contributed by atoms with van der Waals surface area (Å²) in [6.07, 6.45) is 1.46. The van der Waals surface area contributed by atoms with Crippen molar-refractivity contribution < 1.29 is 14.6 Å². The van der Waals surface area contributed by atoms with E-state index >= 15 is 0 Å². The number of hydrogen-bond donors (Lipinski definition) is 7.